The molecule has 0 bridgehead atoms. The van der Waals surface area contributed by atoms with Crippen LogP contribution in [0.3, 0.4) is 0 Å². The normalized spacial score (nSPS) is 15.9. The predicted octanol–water partition coefficient (Wildman–Crippen LogP) is 6.71. The van der Waals surface area contributed by atoms with Crippen molar-refractivity contribution in [2.24, 2.45) is 5.92 Å². The molecule has 4 rings (SSSR count). The van der Waals surface area contributed by atoms with Gasteiger partial charge in [0.1, 0.15) is 23.8 Å². The first-order valence-electron chi connectivity index (χ1n) is 12.6. The zero-order chi connectivity index (χ0) is 30.4. The molecule has 0 amide bonds. The number of aromatic nitrogens is 1. The second-order valence-corrected chi connectivity index (χ2v) is 9.97. The Labute approximate surface area is 232 Å². The number of hydrogen-bond acceptors (Lipinski definition) is 5. The first-order valence-corrected chi connectivity index (χ1v) is 12.6. The maximum absolute atomic E-state index is 14.7. The quantitative estimate of drug-likeness (QED) is 0.215. The molecule has 1 aliphatic rings. The molecule has 0 radical (unpaired) electrons. The molecule has 2 unspecified atom stereocenters. The van der Waals surface area contributed by atoms with Gasteiger partial charge < -0.3 is 19.7 Å². The Kier molecular flexibility index (Phi) is 10.2. The van der Waals surface area contributed by atoms with Gasteiger partial charge in [0.05, 0.1) is 12.2 Å². The van der Waals surface area contributed by atoms with E-state index in [1.807, 2.05) is 0 Å². The number of carbonyl (C=O) groups is 1. The highest BCUT2D eigenvalue weighted by atomic mass is 19.4. The van der Waals surface area contributed by atoms with Crippen LogP contribution in [0.25, 0.3) is 11.1 Å². The van der Waals surface area contributed by atoms with E-state index < -0.39 is 29.6 Å². The lowest BCUT2D eigenvalue weighted by Crippen LogP contribution is -2.35. The smallest absolute Gasteiger partial charge is 0.417 e. The summed E-state index contributed by atoms with van der Waals surface area (Å²) in [6.45, 7) is 2.32. The maximum Gasteiger partial charge on any atom is 0.417 e. The van der Waals surface area contributed by atoms with Gasteiger partial charge in [-0.1, -0.05) is 19.1 Å². The van der Waals surface area contributed by atoms with Gasteiger partial charge in [-0.3, -0.25) is 4.79 Å². The van der Waals surface area contributed by atoms with E-state index in [1.165, 1.54) is 24.3 Å². The number of benzene rings is 2. The molecule has 12 heteroatoms. The van der Waals surface area contributed by atoms with E-state index >= 15 is 0 Å². The summed E-state index contributed by atoms with van der Waals surface area (Å²) in [5.41, 5.74) is -1.32. The molecule has 41 heavy (non-hydrogen) atoms. The topological polar surface area (TPSA) is 88.9 Å². The Balaban J connectivity index is 0.00000147. The van der Waals surface area contributed by atoms with Crippen molar-refractivity contribution >= 4 is 6.47 Å². The Hall–Kier alpha value is -3.80. The van der Waals surface area contributed by atoms with E-state index in [9.17, 15) is 31.4 Å². The van der Waals surface area contributed by atoms with Crippen LogP contribution < -0.4 is 9.47 Å². The van der Waals surface area contributed by atoms with Gasteiger partial charge >= 0.3 is 6.18 Å². The van der Waals surface area contributed by atoms with E-state index in [0.29, 0.717) is 12.0 Å². The van der Waals surface area contributed by atoms with Crippen molar-refractivity contribution in [2.75, 3.05) is 6.61 Å². The van der Waals surface area contributed by atoms with Gasteiger partial charge in [0.2, 0.25) is 5.88 Å². The van der Waals surface area contributed by atoms with Crippen LogP contribution in [0, 0.1) is 11.7 Å². The number of halogens is 6. The van der Waals surface area contributed by atoms with Crippen LogP contribution in [-0.2, 0) is 30.4 Å². The number of pyridine rings is 1. The Morgan fingerprint density at radius 3 is 2.32 bits per heavy atom. The molecule has 0 aliphatic heterocycles. The van der Waals surface area contributed by atoms with Crippen LogP contribution in [0.15, 0.2) is 48.7 Å². The number of alkyl halides is 5. The van der Waals surface area contributed by atoms with Gasteiger partial charge in [0.15, 0.2) is 0 Å². The molecule has 0 fully saturated rings. The fourth-order valence-corrected chi connectivity index (χ4v) is 4.35. The van der Waals surface area contributed by atoms with Crippen molar-refractivity contribution in [3.8, 4) is 22.8 Å². The zero-order valence-electron chi connectivity index (χ0n) is 22.2. The standard InChI is InChI=1S/C28H27F6NO3.CH2O2/c1-16-9-18-12-25(35-14-19(18)10-16)38-15-20-11-22(23(13-24(20)29)28(32,33)34)17-3-5-21(6-4-17)37-8-7-27(2,36)26(30)31;2-1-3/h3-6,11-14,16,26,36H,7-10,15H2,1-2H3;1H,(H,2,3). The van der Waals surface area contributed by atoms with Crippen LogP contribution in [0.1, 0.15) is 42.5 Å². The lowest BCUT2D eigenvalue weighted by molar-refractivity contribution is -0.137. The van der Waals surface area contributed by atoms with E-state index in [0.717, 1.165) is 37.0 Å². The summed E-state index contributed by atoms with van der Waals surface area (Å²) in [5.74, 6) is -0.0794. The number of nitrogens with zero attached hydrogens (tertiary/aromatic N) is 1. The number of ether oxygens (including phenoxy) is 2. The monoisotopic (exact) mass is 585 g/mol. The summed E-state index contributed by atoms with van der Waals surface area (Å²) in [7, 11) is 0. The molecule has 0 spiro atoms. The molecule has 2 atom stereocenters. The minimum atomic E-state index is -4.82. The van der Waals surface area contributed by atoms with Crippen molar-refractivity contribution in [3.63, 3.8) is 0 Å². The average Bonchev–Trinajstić information content (AvgIpc) is 3.27. The molecule has 1 aromatic heterocycles. The van der Waals surface area contributed by atoms with Gasteiger partial charge in [-0.15, -0.1) is 0 Å². The molecule has 3 aromatic rings. The van der Waals surface area contributed by atoms with Gasteiger partial charge in [0, 0.05) is 24.2 Å². The van der Waals surface area contributed by atoms with Gasteiger partial charge in [0.25, 0.3) is 12.9 Å². The third-order valence-corrected chi connectivity index (χ3v) is 6.57. The van der Waals surface area contributed by atoms with Crippen molar-refractivity contribution in [1.29, 1.82) is 0 Å². The fraction of sp³-hybridized carbons (Fsp3) is 0.379. The number of fused-ring (bicyclic) bond motifs is 1. The van der Waals surface area contributed by atoms with Crippen molar-refractivity contribution in [3.05, 3.63) is 76.7 Å². The third kappa shape index (κ3) is 8.35. The highest BCUT2D eigenvalue weighted by Crippen LogP contribution is 2.39. The van der Waals surface area contributed by atoms with Gasteiger partial charge in [-0.25, -0.2) is 18.2 Å². The largest absolute Gasteiger partial charge is 0.493 e. The number of carboxylic acid groups (broad SMARTS) is 1. The van der Waals surface area contributed by atoms with E-state index in [-0.39, 0.29) is 54.4 Å². The summed E-state index contributed by atoms with van der Waals surface area (Å²) in [4.78, 5) is 12.6. The number of hydrogen-bond donors (Lipinski definition) is 2. The van der Waals surface area contributed by atoms with Crippen molar-refractivity contribution < 1.29 is 50.8 Å². The molecular weight excluding hydrogens is 556 g/mol. The summed E-state index contributed by atoms with van der Waals surface area (Å²) in [6.07, 6.45) is -4.61. The van der Waals surface area contributed by atoms with E-state index in [2.05, 4.69) is 11.9 Å². The Bertz CT molecular complexity index is 1330. The molecule has 2 N–H and O–H groups in total. The lowest BCUT2D eigenvalue weighted by atomic mass is 9.96. The van der Waals surface area contributed by atoms with Crippen LogP contribution in [0.4, 0.5) is 26.3 Å². The second kappa shape index (κ2) is 13.2. The predicted molar refractivity (Wildman–Crippen MR) is 137 cm³/mol. The fourth-order valence-electron chi connectivity index (χ4n) is 4.35. The summed E-state index contributed by atoms with van der Waals surface area (Å²) in [5, 5.41) is 16.5. The first kappa shape index (κ1) is 31.7. The van der Waals surface area contributed by atoms with Crippen LogP contribution in [0.5, 0.6) is 11.6 Å². The minimum Gasteiger partial charge on any atom is -0.493 e. The first-order chi connectivity index (χ1) is 19.2. The average molecular weight is 586 g/mol. The molecule has 0 saturated carbocycles. The molecule has 0 saturated heterocycles. The molecule has 222 valence electrons. The molecule has 2 aromatic carbocycles. The van der Waals surface area contributed by atoms with Crippen molar-refractivity contribution in [1.82, 2.24) is 4.98 Å². The van der Waals surface area contributed by atoms with Gasteiger partial charge in [-0.2, -0.15) is 13.2 Å². The molecule has 1 aliphatic carbocycles. The van der Waals surface area contributed by atoms with E-state index in [1.54, 1.807) is 12.3 Å². The summed E-state index contributed by atoms with van der Waals surface area (Å²) < 4.78 is 92.5. The lowest BCUT2D eigenvalue weighted by Gasteiger charge is -2.22. The molecule has 1 heterocycles. The van der Waals surface area contributed by atoms with Crippen LogP contribution in [-0.4, -0.2) is 40.3 Å². The third-order valence-electron chi connectivity index (χ3n) is 6.57. The highest BCUT2D eigenvalue weighted by molar-refractivity contribution is 5.69. The Morgan fingerprint density at radius 1 is 1.07 bits per heavy atom. The van der Waals surface area contributed by atoms with Crippen molar-refractivity contribution in [2.45, 2.75) is 57.9 Å². The number of aliphatic hydroxyl groups is 1. The SMILES string of the molecule is CC1Cc2cnc(OCc3cc(-c4ccc(OCCC(C)(O)C(F)F)cc4)c(C(F)(F)F)cc3F)cc2C1.O=CO. The highest BCUT2D eigenvalue weighted by Gasteiger charge is 2.35. The Morgan fingerprint density at radius 2 is 1.71 bits per heavy atom. The van der Waals surface area contributed by atoms with Crippen LogP contribution in [0.2, 0.25) is 0 Å². The van der Waals surface area contributed by atoms with Gasteiger partial charge in [-0.05, 0) is 72.2 Å². The molecule has 6 nitrogen and oxygen atoms in total. The second-order valence-electron chi connectivity index (χ2n) is 9.97. The van der Waals surface area contributed by atoms with E-state index in [4.69, 9.17) is 19.4 Å². The molecular formula is C29H29F6NO5. The summed E-state index contributed by atoms with van der Waals surface area (Å²) >= 11 is 0. The zero-order valence-corrected chi connectivity index (χ0v) is 22.2. The van der Waals surface area contributed by atoms with Crippen LogP contribution >= 0.6 is 0 Å². The minimum absolute atomic E-state index is 0.0711. The summed E-state index contributed by atoms with van der Waals surface area (Å²) in [6, 6.07) is 8.80. The maximum atomic E-state index is 14.7. The number of rotatable bonds is 9.